The number of amides is 1. The second kappa shape index (κ2) is 7.26. The molecule has 2 aromatic carbocycles. The number of fused-ring (bicyclic) bond motifs is 1. The Morgan fingerprint density at radius 1 is 1.15 bits per heavy atom. The Kier molecular flexibility index (Phi) is 4.66. The average Bonchev–Trinajstić information content (AvgIpc) is 3.48. The number of nitrogens with zero attached hydrogens (tertiary/aromatic N) is 2. The number of carbonyl (C=O) groups excluding carboxylic acids is 1. The van der Waals surface area contributed by atoms with Crippen molar-refractivity contribution in [1.82, 2.24) is 4.90 Å². The number of carbonyl (C=O) groups is 1. The summed E-state index contributed by atoms with van der Waals surface area (Å²) in [5.41, 5.74) is 0.923. The minimum atomic E-state index is -0.435. The van der Waals surface area contributed by atoms with Gasteiger partial charge in [-0.25, -0.2) is 4.79 Å². The zero-order chi connectivity index (χ0) is 18.8. The molecule has 140 valence electrons. The van der Waals surface area contributed by atoms with Crippen LogP contribution in [0.2, 0.25) is 0 Å². The van der Waals surface area contributed by atoms with E-state index in [0.29, 0.717) is 18.7 Å². The lowest BCUT2D eigenvalue weighted by Crippen LogP contribution is -2.43. The summed E-state index contributed by atoms with van der Waals surface area (Å²) >= 11 is 0. The predicted octanol–water partition coefficient (Wildman–Crippen LogP) is 3.77. The van der Waals surface area contributed by atoms with Crippen molar-refractivity contribution in [2.75, 3.05) is 6.54 Å². The quantitative estimate of drug-likeness (QED) is 0.593. The van der Waals surface area contributed by atoms with Crippen molar-refractivity contribution in [2.24, 2.45) is 5.92 Å². The minimum Gasteiger partial charge on any atom is -0.483 e. The number of para-hydroxylation sites is 2. The maximum atomic E-state index is 12.4. The van der Waals surface area contributed by atoms with Gasteiger partial charge in [0.15, 0.2) is 5.75 Å². The van der Waals surface area contributed by atoms with Gasteiger partial charge in [0.25, 0.3) is 0 Å². The zero-order valence-electron chi connectivity index (χ0n) is 14.7. The Balaban J connectivity index is 1.34. The molecule has 1 saturated heterocycles. The maximum Gasteiger partial charge on any atom is 0.410 e. The molecule has 0 bridgehead atoms. The molecule has 3 atom stereocenters. The Morgan fingerprint density at radius 3 is 2.67 bits per heavy atom. The molecule has 1 aliphatic heterocycles. The molecule has 27 heavy (non-hydrogen) atoms. The van der Waals surface area contributed by atoms with Crippen LogP contribution in [0.4, 0.5) is 10.5 Å². The number of benzene rings is 2. The SMILES string of the molecule is O=C(OCc1ccccc1)N1CCC(Oc2ccccc2[N+](=O)[O-])C2CC21. The summed E-state index contributed by atoms with van der Waals surface area (Å²) < 4.78 is 11.4. The van der Waals surface area contributed by atoms with Gasteiger partial charge in [0.2, 0.25) is 0 Å². The number of nitro benzene ring substituents is 1. The molecule has 1 heterocycles. The fourth-order valence-electron chi connectivity index (χ4n) is 3.65. The lowest BCUT2D eigenvalue weighted by Gasteiger charge is -2.31. The van der Waals surface area contributed by atoms with Gasteiger partial charge in [0.1, 0.15) is 12.7 Å². The van der Waals surface area contributed by atoms with Gasteiger partial charge >= 0.3 is 11.8 Å². The maximum absolute atomic E-state index is 12.4. The van der Waals surface area contributed by atoms with E-state index in [1.54, 1.807) is 23.1 Å². The number of nitro groups is 1. The molecule has 2 fully saturated rings. The standard InChI is InChI=1S/C20H20N2O5/c23-20(26-13-14-6-2-1-3-7-14)21-11-10-18(15-12-17(15)21)27-19-9-5-4-8-16(19)22(24)25/h1-9,15,17-18H,10-13H2. The van der Waals surface area contributed by atoms with Crippen LogP contribution in [0.1, 0.15) is 18.4 Å². The van der Waals surface area contributed by atoms with Gasteiger partial charge in [-0.3, -0.25) is 10.1 Å². The van der Waals surface area contributed by atoms with E-state index in [-0.39, 0.29) is 36.5 Å². The van der Waals surface area contributed by atoms with Crippen LogP contribution in [0.15, 0.2) is 54.6 Å². The summed E-state index contributed by atoms with van der Waals surface area (Å²) in [5.74, 6) is 0.487. The number of ether oxygens (including phenoxy) is 2. The number of rotatable bonds is 5. The van der Waals surface area contributed by atoms with E-state index in [9.17, 15) is 14.9 Å². The first kappa shape index (κ1) is 17.3. The molecule has 3 unspecified atom stereocenters. The third-order valence-corrected chi connectivity index (χ3v) is 5.12. The molecule has 2 aromatic rings. The number of likely N-dealkylation sites (tertiary alicyclic amines) is 1. The molecule has 1 saturated carbocycles. The van der Waals surface area contributed by atoms with Crippen LogP contribution in [0.5, 0.6) is 5.75 Å². The average molecular weight is 368 g/mol. The zero-order valence-corrected chi connectivity index (χ0v) is 14.7. The molecular formula is C20H20N2O5. The molecule has 1 aliphatic carbocycles. The number of hydrogen-bond acceptors (Lipinski definition) is 5. The highest BCUT2D eigenvalue weighted by Gasteiger charge is 2.53. The van der Waals surface area contributed by atoms with Crippen LogP contribution in [0.3, 0.4) is 0 Å². The lowest BCUT2D eigenvalue weighted by molar-refractivity contribution is -0.386. The molecule has 2 aliphatic rings. The Hall–Kier alpha value is -3.09. The summed E-state index contributed by atoms with van der Waals surface area (Å²) in [6.45, 7) is 0.782. The highest BCUT2D eigenvalue weighted by atomic mass is 16.6. The first-order valence-corrected chi connectivity index (χ1v) is 9.01. The van der Waals surface area contributed by atoms with Crippen LogP contribution in [0, 0.1) is 16.0 Å². The predicted molar refractivity (Wildman–Crippen MR) is 97.4 cm³/mol. The van der Waals surface area contributed by atoms with Gasteiger partial charge in [-0.15, -0.1) is 0 Å². The second-order valence-corrected chi connectivity index (χ2v) is 6.87. The Morgan fingerprint density at radius 2 is 1.89 bits per heavy atom. The van der Waals surface area contributed by atoms with Crippen LogP contribution < -0.4 is 4.74 Å². The minimum absolute atomic E-state index is 0.0283. The van der Waals surface area contributed by atoms with Gasteiger partial charge in [0.05, 0.1) is 4.92 Å². The van der Waals surface area contributed by atoms with Crippen LogP contribution in [-0.4, -0.2) is 34.6 Å². The van der Waals surface area contributed by atoms with Crippen molar-refractivity contribution in [3.05, 3.63) is 70.3 Å². The summed E-state index contributed by atoms with van der Waals surface area (Å²) in [5, 5.41) is 11.1. The van der Waals surface area contributed by atoms with Gasteiger partial charge < -0.3 is 14.4 Å². The van der Waals surface area contributed by atoms with Crippen molar-refractivity contribution < 1.29 is 19.2 Å². The molecule has 0 radical (unpaired) electrons. The smallest absolute Gasteiger partial charge is 0.410 e. The highest BCUT2D eigenvalue weighted by molar-refractivity contribution is 5.69. The number of piperidine rings is 1. The molecule has 0 aromatic heterocycles. The summed E-state index contributed by atoms with van der Waals surface area (Å²) in [6, 6.07) is 16.1. The number of hydrogen-bond donors (Lipinski definition) is 0. The third kappa shape index (κ3) is 3.72. The normalized spacial score (nSPS) is 23.3. The summed E-state index contributed by atoms with van der Waals surface area (Å²) in [7, 11) is 0. The Bertz CT molecular complexity index is 841. The first-order valence-electron chi connectivity index (χ1n) is 9.01. The van der Waals surface area contributed by atoms with Crippen molar-refractivity contribution in [1.29, 1.82) is 0 Å². The molecule has 7 heteroatoms. The summed E-state index contributed by atoms with van der Waals surface area (Å²) in [4.78, 5) is 24.9. The van der Waals surface area contributed by atoms with E-state index in [2.05, 4.69) is 0 Å². The largest absolute Gasteiger partial charge is 0.483 e. The second-order valence-electron chi connectivity index (χ2n) is 6.87. The van der Waals surface area contributed by atoms with Crippen molar-refractivity contribution in [3.63, 3.8) is 0 Å². The van der Waals surface area contributed by atoms with Crippen LogP contribution >= 0.6 is 0 Å². The topological polar surface area (TPSA) is 81.9 Å². The monoisotopic (exact) mass is 368 g/mol. The summed E-state index contributed by atoms with van der Waals surface area (Å²) in [6.07, 6.45) is 1.05. The molecular weight excluding hydrogens is 348 g/mol. The Labute approximate surface area is 156 Å². The van der Waals surface area contributed by atoms with Gasteiger partial charge in [0, 0.05) is 31.0 Å². The van der Waals surface area contributed by atoms with Crippen molar-refractivity contribution in [2.45, 2.75) is 31.6 Å². The highest BCUT2D eigenvalue weighted by Crippen LogP contribution is 2.45. The van der Waals surface area contributed by atoms with Gasteiger partial charge in [-0.05, 0) is 18.1 Å². The van der Waals surface area contributed by atoms with Crippen molar-refractivity contribution >= 4 is 11.8 Å². The van der Waals surface area contributed by atoms with E-state index in [4.69, 9.17) is 9.47 Å². The van der Waals surface area contributed by atoms with E-state index in [1.165, 1.54) is 6.07 Å². The van der Waals surface area contributed by atoms with Gasteiger partial charge in [-0.2, -0.15) is 0 Å². The molecule has 7 nitrogen and oxygen atoms in total. The van der Waals surface area contributed by atoms with E-state index < -0.39 is 4.92 Å². The molecule has 1 amide bonds. The first-order chi connectivity index (χ1) is 13.1. The van der Waals surface area contributed by atoms with Gasteiger partial charge in [-0.1, -0.05) is 42.5 Å². The van der Waals surface area contributed by atoms with E-state index in [1.807, 2.05) is 30.3 Å². The third-order valence-electron chi connectivity index (χ3n) is 5.12. The van der Waals surface area contributed by atoms with E-state index in [0.717, 1.165) is 12.0 Å². The molecule has 0 N–H and O–H groups in total. The molecule has 0 spiro atoms. The molecule has 4 rings (SSSR count). The van der Waals surface area contributed by atoms with E-state index >= 15 is 0 Å². The fourth-order valence-corrected chi connectivity index (χ4v) is 3.65. The lowest BCUT2D eigenvalue weighted by atomic mass is 10.1. The van der Waals surface area contributed by atoms with Crippen molar-refractivity contribution in [3.8, 4) is 5.75 Å². The van der Waals surface area contributed by atoms with Crippen LogP contribution in [0.25, 0.3) is 0 Å². The fraction of sp³-hybridized carbons (Fsp3) is 0.350. The van der Waals surface area contributed by atoms with Crippen LogP contribution in [-0.2, 0) is 11.3 Å².